The molecule has 2 nitrogen and oxygen atoms in total. The second-order valence-corrected chi connectivity index (χ2v) is 6.89. The Labute approximate surface area is 126 Å². The normalized spacial score (nSPS) is 25.5. The van der Waals surface area contributed by atoms with Crippen molar-refractivity contribution in [3.8, 4) is 0 Å². The third-order valence-electron chi connectivity index (χ3n) is 5.43. The minimum atomic E-state index is 0.152. The SMILES string of the molecule is CCCNC(C1CCCCCC1)C1(OCC)CCCC1. The minimum Gasteiger partial charge on any atom is -0.374 e. The summed E-state index contributed by atoms with van der Waals surface area (Å²) in [5.41, 5.74) is 0.152. The topological polar surface area (TPSA) is 21.3 Å². The van der Waals surface area contributed by atoms with Gasteiger partial charge in [-0.25, -0.2) is 0 Å². The zero-order chi connectivity index (χ0) is 14.3. The highest BCUT2D eigenvalue weighted by Gasteiger charge is 2.45. The Morgan fingerprint density at radius 2 is 1.65 bits per heavy atom. The molecular weight excluding hydrogens is 246 g/mol. The monoisotopic (exact) mass is 281 g/mol. The van der Waals surface area contributed by atoms with Crippen LogP contribution in [0.5, 0.6) is 0 Å². The van der Waals surface area contributed by atoms with E-state index in [2.05, 4.69) is 19.2 Å². The van der Waals surface area contributed by atoms with Crippen LogP contribution in [0.25, 0.3) is 0 Å². The lowest BCUT2D eigenvalue weighted by atomic mass is 9.79. The molecule has 20 heavy (non-hydrogen) atoms. The fraction of sp³-hybridized carbons (Fsp3) is 1.00. The molecule has 2 saturated carbocycles. The lowest BCUT2D eigenvalue weighted by Gasteiger charge is -2.42. The van der Waals surface area contributed by atoms with E-state index in [-0.39, 0.29) is 5.60 Å². The van der Waals surface area contributed by atoms with Gasteiger partial charge in [-0.1, -0.05) is 45.4 Å². The highest BCUT2D eigenvalue weighted by Crippen LogP contribution is 2.41. The number of ether oxygens (including phenoxy) is 1. The van der Waals surface area contributed by atoms with Crippen molar-refractivity contribution in [2.45, 2.75) is 96.1 Å². The molecule has 0 radical (unpaired) electrons. The van der Waals surface area contributed by atoms with E-state index in [9.17, 15) is 0 Å². The minimum absolute atomic E-state index is 0.152. The van der Waals surface area contributed by atoms with Crippen molar-refractivity contribution in [1.29, 1.82) is 0 Å². The van der Waals surface area contributed by atoms with Crippen molar-refractivity contribution in [3.63, 3.8) is 0 Å². The van der Waals surface area contributed by atoms with Gasteiger partial charge in [-0.15, -0.1) is 0 Å². The highest BCUT2D eigenvalue weighted by molar-refractivity contribution is 5.00. The molecule has 2 aliphatic rings. The van der Waals surface area contributed by atoms with Crippen LogP contribution in [0.1, 0.15) is 84.5 Å². The summed E-state index contributed by atoms with van der Waals surface area (Å²) in [5.74, 6) is 0.841. The second-order valence-electron chi connectivity index (χ2n) is 6.89. The summed E-state index contributed by atoms with van der Waals surface area (Å²) < 4.78 is 6.38. The fourth-order valence-electron chi connectivity index (χ4n) is 4.53. The van der Waals surface area contributed by atoms with Crippen molar-refractivity contribution in [2.75, 3.05) is 13.2 Å². The van der Waals surface area contributed by atoms with Gasteiger partial charge in [-0.05, 0) is 51.5 Å². The fourth-order valence-corrected chi connectivity index (χ4v) is 4.53. The molecule has 0 spiro atoms. The number of rotatable bonds is 7. The Morgan fingerprint density at radius 1 is 1.00 bits per heavy atom. The first-order chi connectivity index (χ1) is 9.82. The molecule has 0 bridgehead atoms. The molecule has 1 atom stereocenters. The van der Waals surface area contributed by atoms with Gasteiger partial charge >= 0.3 is 0 Å². The first kappa shape index (κ1) is 16.3. The van der Waals surface area contributed by atoms with E-state index in [0.717, 1.165) is 19.1 Å². The van der Waals surface area contributed by atoms with Crippen molar-refractivity contribution < 1.29 is 4.74 Å². The average Bonchev–Trinajstić information content (AvgIpc) is 2.76. The van der Waals surface area contributed by atoms with Gasteiger partial charge in [0.1, 0.15) is 0 Å². The van der Waals surface area contributed by atoms with Gasteiger partial charge in [-0.3, -0.25) is 0 Å². The molecule has 0 aliphatic heterocycles. The third-order valence-corrected chi connectivity index (χ3v) is 5.43. The maximum absolute atomic E-state index is 6.38. The zero-order valence-electron chi connectivity index (χ0n) is 13.8. The summed E-state index contributed by atoms with van der Waals surface area (Å²) in [5, 5.41) is 3.91. The number of hydrogen-bond acceptors (Lipinski definition) is 2. The van der Waals surface area contributed by atoms with Gasteiger partial charge in [0.15, 0.2) is 0 Å². The van der Waals surface area contributed by atoms with Gasteiger partial charge in [0, 0.05) is 12.6 Å². The molecule has 2 fully saturated rings. The van der Waals surface area contributed by atoms with Crippen molar-refractivity contribution in [3.05, 3.63) is 0 Å². The molecule has 1 unspecified atom stereocenters. The molecule has 2 heteroatoms. The quantitative estimate of drug-likeness (QED) is 0.684. The predicted octanol–water partition coefficient (Wildman–Crippen LogP) is 4.67. The van der Waals surface area contributed by atoms with Gasteiger partial charge < -0.3 is 10.1 Å². The molecule has 0 aromatic heterocycles. The Balaban J connectivity index is 2.10. The molecule has 2 rings (SSSR count). The van der Waals surface area contributed by atoms with Crippen LogP contribution in [0.4, 0.5) is 0 Å². The Bertz CT molecular complexity index is 252. The Kier molecular flexibility index (Phi) is 6.83. The average molecular weight is 281 g/mol. The molecule has 2 aliphatic carbocycles. The van der Waals surface area contributed by atoms with Crippen LogP contribution < -0.4 is 5.32 Å². The standard InChI is InChI=1S/C18H35NO/c1-3-15-19-17(16-11-7-5-6-8-12-16)18(20-4-2)13-9-10-14-18/h16-17,19H,3-15H2,1-2H3. The first-order valence-electron chi connectivity index (χ1n) is 9.19. The largest absolute Gasteiger partial charge is 0.374 e. The van der Waals surface area contributed by atoms with Crippen molar-refractivity contribution >= 4 is 0 Å². The van der Waals surface area contributed by atoms with Crippen LogP contribution in [-0.2, 0) is 4.74 Å². The lowest BCUT2D eigenvalue weighted by Crippen LogP contribution is -2.55. The smallest absolute Gasteiger partial charge is 0.0837 e. The van der Waals surface area contributed by atoms with E-state index in [4.69, 9.17) is 4.74 Å². The van der Waals surface area contributed by atoms with Crippen molar-refractivity contribution in [2.24, 2.45) is 5.92 Å². The van der Waals surface area contributed by atoms with E-state index in [1.54, 1.807) is 0 Å². The molecule has 0 saturated heterocycles. The summed E-state index contributed by atoms with van der Waals surface area (Å²) in [6.45, 7) is 6.47. The predicted molar refractivity (Wildman–Crippen MR) is 86.1 cm³/mol. The number of hydrogen-bond donors (Lipinski definition) is 1. The third kappa shape index (κ3) is 3.98. The molecule has 1 N–H and O–H groups in total. The van der Waals surface area contributed by atoms with Crippen LogP contribution in [0.2, 0.25) is 0 Å². The van der Waals surface area contributed by atoms with Gasteiger partial charge in [0.25, 0.3) is 0 Å². The van der Waals surface area contributed by atoms with Crippen LogP contribution in [0.15, 0.2) is 0 Å². The Morgan fingerprint density at radius 3 is 2.20 bits per heavy atom. The van der Waals surface area contributed by atoms with Crippen LogP contribution in [0, 0.1) is 5.92 Å². The van der Waals surface area contributed by atoms with E-state index < -0.39 is 0 Å². The summed E-state index contributed by atoms with van der Waals surface area (Å²) in [4.78, 5) is 0. The summed E-state index contributed by atoms with van der Waals surface area (Å²) in [6, 6.07) is 0.600. The van der Waals surface area contributed by atoms with E-state index in [1.807, 2.05) is 0 Å². The molecule has 0 heterocycles. The molecular formula is C18H35NO. The first-order valence-corrected chi connectivity index (χ1v) is 9.19. The van der Waals surface area contributed by atoms with Gasteiger partial charge in [0.05, 0.1) is 5.60 Å². The van der Waals surface area contributed by atoms with Crippen LogP contribution in [-0.4, -0.2) is 24.8 Å². The maximum atomic E-state index is 6.38. The van der Waals surface area contributed by atoms with Gasteiger partial charge in [-0.2, -0.15) is 0 Å². The molecule has 0 aromatic rings. The molecule has 118 valence electrons. The van der Waals surface area contributed by atoms with E-state index in [1.165, 1.54) is 70.6 Å². The second kappa shape index (κ2) is 8.38. The van der Waals surface area contributed by atoms with E-state index >= 15 is 0 Å². The highest BCUT2D eigenvalue weighted by atomic mass is 16.5. The Hall–Kier alpha value is -0.0800. The number of nitrogens with one attached hydrogen (secondary N) is 1. The summed E-state index contributed by atoms with van der Waals surface area (Å²) in [7, 11) is 0. The van der Waals surface area contributed by atoms with E-state index in [0.29, 0.717) is 6.04 Å². The van der Waals surface area contributed by atoms with Crippen LogP contribution in [0.3, 0.4) is 0 Å². The summed E-state index contributed by atoms with van der Waals surface area (Å²) >= 11 is 0. The van der Waals surface area contributed by atoms with Gasteiger partial charge in [0.2, 0.25) is 0 Å². The lowest BCUT2D eigenvalue weighted by molar-refractivity contribution is -0.0768. The zero-order valence-corrected chi connectivity index (χ0v) is 13.8. The molecule has 0 amide bonds. The maximum Gasteiger partial charge on any atom is 0.0837 e. The summed E-state index contributed by atoms with van der Waals surface area (Å²) in [6.07, 6.45) is 15.1. The van der Waals surface area contributed by atoms with Crippen LogP contribution >= 0.6 is 0 Å². The molecule has 0 aromatic carbocycles. The van der Waals surface area contributed by atoms with Crippen molar-refractivity contribution in [1.82, 2.24) is 5.32 Å².